The molecule has 0 spiro atoms. The first-order valence-electron chi connectivity index (χ1n) is 4.46. The highest BCUT2D eigenvalue weighted by molar-refractivity contribution is 6.02. The van der Waals surface area contributed by atoms with Crippen molar-refractivity contribution in [1.29, 1.82) is 0 Å². The lowest BCUT2D eigenvalue weighted by atomic mass is 10.1. The SMILES string of the molecule is O=C1CNC(=O)N1[C@@H]1CCCOC1. The minimum absolute atomic E-state index is 0.0521. The summed E-state index contributed by atoms with van der Waals surface area (Å²) >= 11 is 0. The molecule has 0 aromatic carbocycles. The monoisotopic (exact) mass is 184 g/mol. The van der Waals surface area contributed by atoms with Crippen LogP contribution < -0.4 is 5.32 Å². The van der Waals surface area contributed by atoms with Gasteiger partial charge in [0.1, 0.15) is 0 Å². The molecule has 0 radical (unpaired) electrons. The standard InChI is InChI=1S/C8H12N2O3/c11-7-4-9-8(12)10(7)6-2-1-3-13-5-6/h6H,1-5H2,(H,9,12)/t6-/m1/s1. The van der Waals surface area contributed by atoms with Gasteiger partial charge in [-0.1, -0.05) is 0 Å². The maximum atomic E-state index is 11.3. The smallest absolute Gasteiger partial charge is 0.324 e. The van der Waals surface area contributed by atoms with Gasteiger partial charge in [-0.15, -0.1) is 0 Å². The summed E-state index contributed by atoms with van der Waals surface area (Å²) < 4.78 is 5.22. The Labute approximate surface area is 76.0 Å². The second kappa shape index (κ2) is 3.33. The van der Waals surface area contributed by atoms with Gasteiger partial charge in [0.2, 0.25) is 5.91 Å². The van der Waals surface area contributed by atoms with Crippen LogP contribution in [0.2, 0.25) is 0 Å². The predicted molar refractivity (Wildman–Crippen MR) is 44.1 cm³/mol. The van der Waals surface area contributed by atoms with Crippen molar-refractivity contribution in [3.05, 3.63) is 0 Å². The number of ether oxygens (including phenoxy) is 1. The molecule has 2 fully saturated rings. The van der Waals surface area contributed by atoms with Crippen LogP contribution in [0.15, 0.2) is 0 Å². The van der Waals surface area contributed by atoms with Crippen LogP contribution in [0.5, 0.6) is 0 Å². The van der Waals surface area contributed by atoms with Gasteiger partial charge in [0.25, 0.3) is 0 Å². The first-order chi connectivity index (χ1) is 6.29. The average Bonchev–Trinajstić information content (AvgIpc) is 2.48. The quantitative estimate of drug-likeness (QED) is 0.570. The number of hydrogen-bond donors (Lipinski definition) is 1. The molecule has 13 heavy (non-hydrogen) atoms. The fraction of sp³-hybridized carbons (Fsp3) is 0.750. The number of nitrogens with zero attached hydrogens (tertiary/aromatic N) is 1. The molecule has 0 bridgehead atoms. The number of carbonyl (C=O) groups excluding carboxylic acids is 2. The van der Waals surface area contributed by atoms with Crippen molar-refractivity contribution in [2.45, 2.75) is 18.9 Å². The summed E-state index contributed by atoms with van der Waals surface area (Å²) in [6, 6.07) is -0.329. The minimum atomic E-state index is -0.277. The third kappa shape index (κ3) is 1.51. The molecule has 2 aliphatic rings. The molecular weight excluding hydrogens is 172 g/mol. The van der Waals surface area contributed by atoms with Crippen molar-refractivity contribution in [3.8, 4) is 0 Å². The Bertz CT molecular complexity index is 220. The molecule has 2 saturated heterocycles. The normalized spacial score (nSPS) is 29.2. The summed E-state index contributed by atoms with van der Waals surface area (Å²) in [5.41, 5.74) is 0. The molecule has 0 aliphatic carbocycles. The molecule has 72 valence electrons. The molecule has 2 aliphatic heterocycles. The molecular formula is C8H12N2O3. The van der Waals surface area contributed by atoms with Crippen molar-refractivity contribution in [2.75, 3.05) is 19.8 Å². The van der Waals surface area contributed by atoms with Crippen LogP contribution >= 0.6 is 0 Å². The third-order valence-electron chi connectivity index (χ3n) is 2.38. The van der Waals surface area contributed by atoms with E-state index in [2.05, 4.69) is 5.32 Å². The molecule has 0 aromatic rings. The number of imide groups is 1. The van der Waals surface area contributed by atoms with Crippen LogP contribution in [-0.4, -0.2) is 42.6 Å². The van der Waals surface area contributed by atoms with Crippen molar-refractivity contribution in [2.24, 2.45) is 0 Å². The Morgan fingerprint density at radius 3 is 2.85 bits per heavy atom. The highest BCUT2D eigenvalue weighted by Crippen LogP contribution is 2.15. The van der Waals surface area contributed by atoms with E-state index in [9.17, 15) is 9.59 Å². The number of urea groups is 1. The van der Waals surface area contributed by atoms with E-state index in [1.165, 1.54) is 4.90 Å². The molecule has 0 saturated carbocycles. The van der Waals surface area contributed by atoms with E-state index in [0.717, 1.165) is 19.4 Å². The Morgan fingerprint density at radius 2 is 2.31 bits per heavy atom. The number of rotatable bonds is 1. The van der Waals surface area contributed by atoms with Crippen LogP contribution in [0.3, 0.4) is 0 Å². The highest BCUT2D eigenvalue weighted by atomic mass is 16.5. The van der Waals surface area contributed by atoms with Crippen LogP contribution in [0.25, 0.3) is 0 Å². The second-order valence-electron chi connectivity index (χ2n) is 3.29. The third-order valence-corrected chi connectivity index (χ3v) is 2.38. The molecule has 3 amide bonds. The van der Waals surface area contributed by atoms with Gasteiger partial charge in [-0.25, -0.2) is 4.79 Å². The largest absolute Gasteiger partial charge is 0.379 e. The number of carbonyl (C=O) groups is 2. The van der Waals surface area contributed by atoms with Gasteiger partial charge in [-0.05, 0) is 12.8 Å². The lowest BCUT2D eigenvalue weighted by Crippen LogP contribution is -2.45. The fourth-order valence-electron chi connectivity index (χ4n) is 1.73. The van der Waals surface area contributed by atoms with E-state index in [0.29, 0.717) is 6.61 Å². The van der Waals surface area contributed by atoms with Crippen molar-refractivity contribution in [1.82, 2.24) is 10.2 Å². The second-order valence-corrected chi connectivity index (χ2v) is 3.29. The average molecular weight is 184 g/mol. The number of hydrogen-bond acceptors (Lipinski definition) is 3. The molecule has 1 atom stereocenters. The molecule has 0 unspecified atom stereocenters. The lowest BCUT2D eigenvalue weighted by Gasteiger charge is -2.28. The Hall–Kier alpha value is -1.10. The van der Waals surface area contributed by atoms with E-state index in [1.807, 2.05) is 0 Å². The predicted octanol–water partition coefficient (Wildman–Crippen LogP) is -0.283. The van der Waals surface area contributed by atoms with Crippen molar-refractivity contribution in [3.63, 3.8) is 0 Å². The van der Waals surface area contributed by atoms with E-state index >= 15 is 0 Å². The first kappa shape index (κ1) is 8.50. The van der Waals surface area contributed by atoms with E-state index in [-0.39, 0.29) is 24.5 Å². The zero-order valence-corrected chi connectivity index (χ0v) is 7.28. The number of amides is 3. The van der Waals surface area contributed by atoms with Gasteiger partial charge in [-0.3, -0.25) is 9.69 Å². The van der Waals surface area contributed by atoms with Gasteiger partial charge in [0.05, 0.1) is 19.2 Å². The van der Waals surface area contributed by atoms with Crippen LogP contribution in [0, 0.1) is 0 Å². The molecule has 1 N–H and O–H groups in total. The lowest BCUT2D eigenvalue weighted by molar-refractivity contribution is -0.128. The molecule has 0 aromatic heterocycles. The fourth-order valence-corrected chi connectivity index (χ4v) is 1.73. The molecule has 5 heteroatoms. The van der Waals surface area contributed by atoms with Gasteiger partial charge >= 0.3 is 6.03 Å². The summed E-state index contributed by atoms with van der Waals surface area (Å²) in [4.78, 5) is 23.8. The topological polar surface area (TPSA) is 58.6 Å². The Morgan fingerprint density at radius 1 is 1.46 bits per heavy atom. The van der Waals surface area contributed by atoms with Crippen molar-refractivity contribution >= 4 is 11.9 Å². The Balaban J connectivity index is 2.05. The van der Waals surface area contributed by atoms with Gasteiger partial charge in [-0.2, -0.15) is 0 Å². The van der Waals surface area contributed by atoms with Crippen LogP contribution in [0.1, 0.15) is 12.8 Å². The van der Waals surface area contributed by atoms with E-state index in [4.69, 9.17) is 4.74 Å². The summed E-state index contributed by atoms with van der Waals surface area (Å²) in [7, 11) is 0. The minimum Gasteiger partial charge on any atom is -0.379 e. The highest BCUT2D eigenvalue weighted by Gasteiger charge is 2.35. The van der Waals surface area contributed by atoms with Gasteiger partial charge < -0.3 is 10.1 Å². The molecule has 2 heterocycles. The molecule has 2 rings (SSSR count). The number of nitrogens with one attached hydrogen (secondary N) is 1. The summed E-state index contributed by atoms with van der Waals surface area (Å²) in [5, 5.41) is 2.50. The maximum Gasteiger partial charge on any atom is 0.324 e. The van der Waals surface area contributed by atoms with E-state index in [1.54, 1.807) is 0 Å². The van der Waals surface area contributed by atoms with Gasteiger partial charge in [0, 0.05) is 6.61 Å². The van der Waals surface area contributed by atoms with E-state index < -0.39 is 0 Å². The Kier molecular flexibility index (Phi) is 2.18. The summed E-state index contributed by atoms with van der Waals surface area (Å²) in [6.07, 6.45) is 1.78. The maximum absolute atomic E-state index is 11.3. The first-order valence-corrected chi connectivity index (χ1v) is 4.46. The van der Waals surface area contributed by atoms with Crippen LogP contribution in [-0.2, 0) is 9.53 Å². The van der Waals surface area contributed by atoms with Crippen molar-refractivity contribution < 1.29 is 14.3 Å². The summed E-state index contributed by atoms with van der Waals surface area (Å²) in [6.45, 7) is 1.36. The molecule has 5 nitrogen and oxygen atoms in total. The van der Waals surface area contributed by atoms with Crippen LogP contribution in [0.4, 0.5) is 4.79 Å². The zero-order valence-electron chi connectivity index (χ0n) is 7.28. The summed E-state index contributed by atoms with van der Waals surface area (Å²) in [5.74, 6) is -0.138. The zero-order chi connectivity index (χ0) is 9.26. The van der Waals surface area contributed by atoms with Gasteiger partial charge in [0.15, 0.2) is 0 Å².